The molecule has 2 heterocycles. The maximum atomic E-state index is 13.0. The van der Waals surface area contributed by atoms with Crippen molar-refractivity contribution < 1.29 is 18.0 Å². The van der Waals surface area contributed by atoms with Crippen molar-refractivity contribution >= 4 is 29.3 Å². The number of benzene rings is 1. The Balaban J connectivity index is 1.04. The Morgan fingerprint density at radius 2 is 1.82 bits per heavy atom. The minimum Gasteiger partial charge on any atom is -0.349 e. The van der Waals surface area contributed by atoms with Gasteiger partial charge in [-0.05, 0) is 62.8 Å². The third kappa shape index (κ3) is 4.99. The average molecular weight is 527 g/mol. The highest BCUT2D eigenvalue weighted by atomic mass is 19.4. The number of carbonyl (C=O) groups is 1. The summed E-state index contributed by atoms with van der Waals surface area (Å²) in [6, 6.07) is 7.91. The first-order valence-electron chi connectivity index (χ1n) is 12.9. The number of alkyl halides is 3. The van der Waals surface area contributed by atoms with Gasteiger partial charge in [-0.15, -0.1) is 0 Å². The lowest BCUT2D eigenvalue weighted by Gasteiger charge is -2.48. The summed E-state index contributed by atoms with van der Waals surface area (Å²) in [7, 11) is 0. The number of nitrogens with zero attached hydrogens (tertiary/aromatic N) is 3. The van der Waals surface area contributed by atoms with Gasteiger partial charge in [0.05, 0.1) is 5.56 Å². The van der Waals surface area contributed by atoms with E-state index >= 15 is 0 Å². The van der Waals surface area contributed by atoms with Crippen LogP contribution in [0.15, 0.2) is 42.6 Å². The Hall–Kier alpha value is -3.83. The van der Waals surface area contributed by atoms with Gasteiger partial charge in [-0.1, -0.05) is 18.9 Å². The molecule has 5 N–H and O–H groups in total. The van der Waals surface area contributed by atoms with E-state index in [0.717, 1.165) is 30.7 Å². The van der Waals surface area contributed by atoms with Crippen molar-refractivity contribution in [3.8, 4) is 0 Å². The summed E-state index contributed by atoms with van der Waals surface area (Å²) in [6.45, 7) is 0. The molecule has 4 fully saturated rings. The Labute approximate surface area is 217 Å². The van der Waals surface area contributed by atoms with Gasteiger partial charge in [0.25, 0.3) is 0 Å². The van der Waals surface area contributed by atoms with Crippen LogP contribution in [0.4, 0.5) is 41.2 Å². The lowest BCUT2D eigenvalue weighted by atomic mass is 9.71. The molecule has 0 spiro atoms. The molecule has 0 atom stereocenters. The highest BCUT2D eigenvalue weighted by Crippen LogP contribution is 2.56. The Kier molecular flexibility index (Phi) is 5.92. The van der Waals surface area contributed by atoms with E-state index in [1.54, 1.807) is 12.3 Å². The fraction of sp³-hybridized carbons (Fsp3) is 0.462. The van der Waals surface area contributed by atoms with Crippen molar-refractivity contribution in [2.45, 2.75) is 74.5 Å². The largest absolute Gasteiger partial charge is 0.416 e. The van der Waals surface area contributed by atoms with Crippen molar-refractivity contribution in [1.82, 2.24) is 25.5 Å². The predicted octanol–water partition coefficient (Wildman–Crippen LogP) is 5.92. The molecule has 2 aromatic heterocycles. The van der Waals surface area contributed by atoms with Crippen molar-refractivity contribution in [2.24, 2.45) is 0 Å². The molecular weight excluding hydrogens is 497 g/mol. The fourth-order valence-electron chi connectivity index (χ4n) is 6.26. The summed E-state index contributed by atoms with van der Waals surface area (Å²) in [5, 5.41) is 19.7. The zero-order chi connectivity index (χ0) is 26.4. The van der Waals surface area contributed by atoms with Crippen LogP contribution in [0.3, 0.4) is 0 Å². The maximum Gasteiger partial charge on any atom is 0.416 e. The molecule has 0 radical (unpaired) electrons. The number of anilines is 4. The number of urea groups is 1. The van der Waals surface area contributed by atoms with E-state index in [1.165, 1.54) is 37.8 Å². The minimum absolute atomic E-state index is 0.0976. The molecule has 38 heavy (non-hydrogen) atoms. The van der Waals surface area contributed by atoms with Gasteiger partial charge in [0, 0.05) is 40.6 Å². The second-order valence-electron chi connectivity index (χ2n) is 10.8. The van der Waals surface area contributed by atoms with Crippen molar-refractivity contribution in [2.75, 3.05) is 16.0 Å². The number of hydrogen-bond acceptors (Lipinski definition) is 6. The van der Waals surface area contributed by atoms with E-state index in [9.17, 15) is 18.0 Å². The molecule has 1 aromatic carbocycles. The molecule has 4 aliphatic carbocycles. The van der Waals surface area contributed by atoms with Gasteiger partial charge >= 0.3 is 12.2 Å². The molecule has 2 bridgehead atoms. The van der Waals surface area contributed by atoms with Crippen LogP contribution < -0.4 is 21.3 Å². The van der Waals surface area contributed by atoms with E-state index < -0.39 is 23.3 Å². The predicted molar refractivity (Wildman–Crippen MR) is 136 cm³/mol. The van der Waals surface area contributed by atoms with Crippen LogP contribution in [0.1, 0.15) is 68.5 Å². The summed E-state index contributed by atoms with van der Waals surface area (Å²) >= 11 is 0. The zero-order valence-electron chi connectivity index (χ0n) is 20.7. The molecule has 7 rings (SSSR count). The number of amides is 2. The zero-order valence-corrected chi connectivity index (χ0v) is 20.7. The fourth-order valence-corrected chi connectivity index (χ4v) is 6.26. The third-order valence-corrected chi connectivity index (χ3v) is 7.94. The summed E-state index contributed by atoms with van der Waals surface area (Å²) in [5.74, 6) is 2.38. The second-order valence-corrected chi connectivity index (χ2v) is 10.8. The van der Waals surface area contributed by atoms with Crippen LogP contribution in [0.2, 0.25) is 0 Å². The molecule has 200 valence electrons. The average Bonchev–Trinajstić information content (AvgIpc) is 3.63. The van der Waals surface area contributed by atoms with E-state index in [1.807, 2.05) is 6.07 Å². The first kappa shape index (κ1) is 24.5. The van der Waals surface area contributed by atoms with Crippen LogP contribution in [-0.2, 0) is 6.18 Å². The highest BCUT2D eigenvalue weighted by molar-refractivity contribution is 5.90. The third-order valence-electron chi connectivity index (χ3n) is 7.94. The SMILES string of the molecule is O=C(Nc1cccc(C(F)(F)F)c1)NC12CCC(Nc3nccc(Nc4cc(C5CCCC5)[nH]n4)n3)(C1)C2. The number of nitrogens with one attached hydrogen (secondary N) is 5. The first-order chi connectivity index (χ1) is 18.2. The molecule has 12 heteroatoms. The lowest BCUT2D eigenvalue weighted by Crippen LogP contribution is -2.61. The van der Waals surface area contributed by atoms with Crippen molar-refractivity contribution in [3.05, 3.63) is 53.9 Å². The second kappa shape index (κ2) is 9.17. The van der Waals surface area contributed by atoms with Gasteiger partial charge < -0.3 is 21.3 Å². The summed E-state index contributed by atoms with van der Waals surface area (Å²) < 4.78 is 38.9. The number of aromatic nitrogens is 4. The van der Waals surface area contributed by atoms with Crippen LogP contribution in [-0.4, -0.2) is 37.3 Å². The van der Waals surface area contributed by atoms with Gasteiger partial charge in [-0.25, -0.2) is 9.78 Å². The van der Waals surface area contributed by atoms with Gasteiger partial charge in [-0.3, -0.25) is 5.10 Å². The van der Waals surface area contributed by atoms with Crippen LogP contribution in [0.5, 0.6) is 0 Å². The number of rotatable bonds is 7. The van der Waals surface area contributed by atoms with Gasteiger partial charge in [0.2, 0.25) is 5.95 Å². The summed E-state index contributed by atoms with van der Waals surface area (Å²) in [6.07, 6.45) is 5.04. The number of carbonyl (C=O) groups excluding carboxylic acids is 1. The summed E-state index contributed by atoms with van der Waals surface area (Å²) in [4.78, 5) is 21.5. The van der Waals surface area contributed by atoms with Crippen molar-refractivity contribution in [1.29, 1.82) is 0 Å². The highest BCUT2D eigenvalue weighted by Gasteiger charge is 2.61. The molecule has 9 nitrogen and oxygen atoms in total. The molecule has 2 amide bonds. The van der Waals surface area contributed by atoms with Gasteiger partial charge in [0.1, 0.15) is 5.82 Å². The van der Waals surface area contributed by atoms with Crippen molar-refractivity contribution in [3.63, 3.8) is 0 Å². The maximum absolute atomic E-state index is 13.0. The number of aromatic amines is 1. The summed E-state index contributed by atoms with van der Waals surface area (Å²) in [5.41, 5.74) is -0.192. The molecule has 0 unspecified atom stereocenters. The van der Waals surface area contributed by atoms with E-state index in [0.29, 0.717) is 36.3 Å². The molecule has 0 aliphatic heterocycles. The lowest BCUT2D eigenvalue weighted by molar-refractivity contribution is -0.137. The van der Waals surface area contributed by atoms with Crippen LogP contribution in [0, 0.1) is 0 Å². The monoisotopic (exact) mass is 526 g/mol. The smallest absolute Gasteiger partial charge is 0.349 e. The Bertz CT molecular complexity index is 1330. The van der Waals surface area contributed by atoms with Crippen LogP contribution >= 0.6 is 0 Å². The molecule has 3 aromatic rings. The van der Waals surface area contributed by atoms with Crippen LogP contribution in [0.25, 0.3) is 0 Å². The van der Waals surface area contributed by atoms with Gasteiger partial charge in [0.15, 0.2) is 5.82 Å². The molecule has 0 saturated heterocycles. The number of hydrogen-bond donors (Lipinski definition) is 5. The Morgan fingerprint density at radius 3 is 2.61 bits per heavy atom. The van der Waals surface area contributed by atoms with E-state index in [2.05, 4.69) is 41.4 Å². The topological polar surface area (TPSA) is 120 Å². The number of fused-ring (bicyclic) bond motifs is 1. The van der Waals surface area contributed by atoms with E-state index in [-0.39, 0.29) is 11.2 Å². The number of halogens is 3. The standard InChI is InChI=1S/C26H29F3N8O/c27-26(28,29)17-6-3-7-18(12-17)31-23(38)35-25-10-9-24(14-25,15-25)34-22-30-11-8-20(33-22)32-21-13-19(36-37-21)16-4-1-2-5-16/h3,6-8,11-13,16H,1-2,4-5,9-10,14-15H2,(H2,31,35,38)(H3,30,32,33,34,36,37). The minimum atomic E-state index is -4.47. The van der Waals surface area contributed by atoms with Gasteiger partial charge in [-0.2, -0.15) is 23.3 Å². The number of H-pyrrole nitrogens is 1. The quantitative estimate of drug-likeness (QED) is 0.261. The Morgan fingerprint density at radius 1 is 1.03 bits per heavy atom. The first-order valence-corrected chi connectivity index (χ1v) is 12.9. The molecular formula is C26H29F3N8O. The molecule has 4 saturated carbocycles. The van der Waals surface area contributed by atoms with E-state index in [4.69, 9.17) is 0 Å². The normalized spacial score (nSPS) is 24.6. The molecule has 4 aliphatic rings.